The molecule has 3 nitrogen and oxygen atoms in total. The van der Waals surface area contributed by atoms with E-state index < -0.39 is 0 Å². The van der Waals surface area contributed by atoms with Crippen molar-refractivity contribution < 1.29 is 4.79 Å². The number of amides is 1. The van der Waals surface area contributed by atoms with E-state index in [0.717, 1.165) is 18.9 Å². The van der Waals surface area contributed by atoms with Crippen LogP contribution in [-0.2, 0) is 4.79 Å². The maximum atomic E-state index is 11.4. The fraction of sp³-hybridized carbons (Fsp3) is 0.923. The summed E-state index contributed by atoms with van der Waals surface area (Å²) in [6.45, 7) is 5.39. The Morgan fingerprint density at radius 1 is 1.31 bits per heavy atom. The second-order valence-corrected chi connectivity index (χ2v) is 5.18. The summed E-state index contributed by atoms with van der Waals surface area (Å²) in [5.74, 6) is 1.06. The van der Waals surface area contributed by atoms with Gasteiger partial charge in [0, 0.05) is 12.6 Å². The minimum Gasteiger partial charge on any atom is -0.355 e. The average molecular weight is 226 g/mol. The van der Waals surface area contributed by atoms with Crippen LogP contribution in [-0.4, -0.2) is 25.0 Å². The van der Waals surface area contributed by atoms with Crippen LogP contribution in [0.5, 0.6) is 0 Å². The van der Waals surface area contributed by atoms with Crippen molar-refractivity contribution in [3.05, 3.63) is 0 Å². The van der Waals surface area contributed by atoms with Crippen molar-refractivity contribution in [3.63, 3.8) is 0 Å². The van der Waals surface area contributed by atoms with Crippen molar-refractivity contribution >= 4 is 5.91 Å². The smallest absolute Gasteiger partial charge is 0.233 e. The molecule has 1 fully saturated rings. The first-order valence-corrected chi connectivity index (χ1v) is 6.68. The van der Waals surface area contributed by atoms with Crippen molar-refractivity contribution in [2.75, 3.05) is 13.1 Å². The number of nitrogens with one attached hydrogen (secondary N) is 2. The molecule has 1 amide bonds. The monoisotopic (exact) mass is 226 g/mol. The molecule has 0 spiro atoms. The van der Waals surface area contributed by atoms with E-state index in [1.165, 1.54) is 32.1 Å². The highest BCUT2D eigenvalue weighted by molar-refractivity contribution is 5.77. The molecule has 16 heavy (non-hydrogen) atoms. The Hall–Kier alpha value is -0.570. The lowest BCUT2D eigenvalue weighted by Crippen LogP contribution is -2.37. The summed E-state index contributed by atoms with van der Waals surface area (Å²) >= 11 is 0. The topological polar surface area (TPSA) is 41.1 Å². The van der Waals surface area contributed by atoms with Gasteiger partial charge in [0.15, 0.2) is 0 Å². The lowest BCUT2D eigenvalue weighted by atomic mass is 10.0. The molecular formula is C13H26N2O. The largest absolute Gasteiger partial charge is 0.355 e. The quantitative estimate of drug-likeness (QED) is 0.653. The first-order valence-electron chi connectivity index (χ1n) is 6.68. The summed E-state index contributed by atoms with van der Waals surface area (Å²) in [6.07, 6.45) is 8.06. The minimum atomic E-state index is 0.125. The molecule has 0 unspecified atom stereocenters. The third-order valence-electron chi connectivity index (χ3n) is 3.26. The van der Waals surface area contributed by atoms with Crippen LogP contribution in [0.3, 0.4) is 0 Å². The molecule has 0 aliphatic heterocycles. The first kappa shape index (κ1) is 13.5. The highest BCUT2D eigenvalue weighted by Gasteiger charge is 2.14. The Labute approximate surface area is 99.4 Å². The van der Waals surface area contributed by atoms with E-state index in [1.54, 1.807) is 0 Å². The molecule has 0 aromatic carbocycles. The van der Waals surface area contributed by atoms with E-state index in [4.69, 9.17) is 0 Å². The SMILES string of the molecule is CC(C)NCC(=O)NCCCC1CCCC1. The minimum absolute atomic E-state index is 0.125. The van der Waals surface area contributed by atoms with Gasteiger partial charge in [0.1, 0.15) is 0 Å². The summed E-state index contributed by atoms with van der Waals surface area (Å²) in [6, 6.07) is 0.379. The van der Waals surface area contributed by atoms with Crippen LogP contribution >= 0.6 is 0 Å². The van der Waals surface area contributed by atoms with Crippen LogP contribution in [0.25, 0.3) is 0 Å². The highest BCUT2D eigenvalue weighted by Crippen LogP contribution is 2.28. The molecule has 0 aromatic heterocycles. The predicted molar refractivity (Wildman–Crippen MR) is 67.3 cm³/mol. The van der Waals surface area contributed by atoms with Gasteiger partial charge in [0.25, 0.3) is 0 Å². The van der Waals surface area contributed by atoms with E-state index in [1.807, 2.05) is 13.8 Å². The molecule has 94 valence electrons. The van der Waals surface area contributed by atoms with Crippen LogP contribution in [0.15, 0.2) is 0 Å². The van der Waals surface area contributed by atoms with Gasteiger partial charge in [0.05, 0.1) is 6.54 Å². The van der Waals surface area contributed by atoms with Gasteiger partial charge in [-0.3, -0.25) is 4.79 Å². The molecule has 0 saturated heterocycles. The summed E-state index contributed by atoms with van der Waals surface area (Å²) < 4.78 is 0. The Morgan fingerprint density at radius 2 is 2.00 bits per heavy atom. The molecule has 0 bridgehead atoms. The molecule has 0 heterocycles. The number of rotatable bonds is 7. The molecule has 1 aliphatic rings. The Morgan fingerprint density at radius 3 is 2.62 bits per heavy atom. The third kappa shape index (κ3) is 6.11. The molecule has 0 aromatic rings. The standard InChI is InChI=1S/C13H26N2O/c1-11(2)15-10-13(16)14-9-5-8-12-6-3-4-7-12/h11-12,15H,3-10H2,1-2H3,(H,14,16). The molecule has 3 heteroatoms. The Balaban J connectivity index is 1.91. The van der Waals surface area contributed by atoms with E-state index >= 15 is 0 Å². The lowest BCUT2D eigenvalue weighted by Gasteiger charge is -2.10. The Kier molecular flexibility index (Phi) is 6.46. The van der Waals surface area contributed by atoms with Crippen LogP contribution in [0.4, 0.5) is 0 Å². The second-order valence-electron chi connectivity index (χ2n) is 5.18. The molecule has 1 rings (SSSR count). The maximum Gasteiger partial charge on any atom is 0.233 e. The van der Waals surface area contributed by atoms with E-state index in [9.17, 15) is 4.79 Å². The second kappa shape index (κ2) is 7.66. The van der Waals surface area contributed by atoms with Crippen LogP contribution in [0.2, 0.25) is 0 Å². The third-order valence-corrected chi connectivity index (χ3v) is 3.26. The van der Waals surface area contributed by atoms with Gasteiger partial charge in [0.2, 0.25) is 5.91 Å². The van der Waals surface area contributed by atoms with Crippen molar-refractivity contribution in [1.29, 1.82) is 0 Å². The Bertz CT molecular complexity index is 198. The molecule has 2 N–H and O–H groups in total. The lowest BCUT2D eigenvalue weighted by molar-refractivity contribution is -0.120. The fourth-order valence-electron chi connectivity index (χ4n) is 2.28. The first-order chi connectivity index (χ1) is 7.68. The van der Waals surface area contributed by atoms with Gasteiger partial charge in [-0.2, -0.15) is 0 Å². The predicted octanol–water partition coefficient (Wildman–Crippen LogP) is 2.07. The molecular weight excluding hydrogens is 200 g/mol. The maximum absolute atomic E-state index is 11.4. The summed E-state index contributed by atoms with van der Waals surface area (Å²) in [5.41, 5.74) is 0. The van der Waals surface area contributed by atoms with E-state index in [2.05, 4.69) is 10.6 Å². The van der Waals surface area contributed by atoms with Crippen LogP contribution in [0, 0.1) is 5.92 Å². The number of carbonyl (C=O) groups excluding carboxylic acids is 1. The summed E-state index contributed by atoms with van der Waals surface area (Å²) in [7, 11) is 0. The molecule has 1 aliphatic carbocycles. The fourth-order valence-corrected chi connectivity index (χ4v) is 2.28. The van der Waals surface area contributed by atoms with Crippen molar-refractivity contribution in [2.45, 2.75) is 58.4 Å². The van der Waals surface area contributed by atoms with Crippen LogP contribution < -0.4 is 10.6 Å². The highest BCUT2D eigenvalue weighted by atomic mass is 16.1. The zero-order valence-corrected chi connectivity index (χ0v) is 10.7. The van der Waals surface area contributed by atoms with Gasteiger partial charge < -0.3 is 10.6 Å². The van der Waals surface area contributed by atoms with E-state index in [-0.39, 0.29) is 5.91 Å². The number of carbonyl (C=O) groups is 1. The van der Waals surface area contributed by atoms with Crippen molar-refractivity contribution in [3.8, 4) is 0 Å². The van der Waals surface area contributed by atoms with Gasteiger partial charge in [-0.05, 0) is 18.8 Å². The number of hydrogen-bond donors (Lipinski definition) is 2. The summed E-state index contributed by atoms with van der Waals surface area (Å²) in [5, 5.41) is 6.08. The van der Waals surface area contributed by atoms with Crippen molar-refractivity contribution in [1.82, 2.24) is 10.6 Å². The average Bonchev–Trinajstić information content (AvgIpc) is 2.74. The molecule has 0 atom stereocenters. The molecule has 1 saturated carbocycles. The van der Waals surface area contributed by atoms with Crippen LogP contribution in [0.1, 0.15) is 52.4 Å². The van der Waals surface area contributed by atoms with Gasteiger partial charge in [-0.15, -0.1) is 0 Å². The van der Waals surface area contributed by atoms with Crippen molar-refractivity contribution in [2.24, 2.45) is 5.92 Å². The number of hydrogen-bond acceptors (Lipinski definition) is 2. The van der Waals surface area contributed by atoms with E-state index in [0.29, 0.717) is 12.6 Å². The van der Waals surface area contributed by atoms with Gasteiger partial charge in [-0.25, -0.2) is 0 Å². The zero-order chi connectivity index (χ0) is 11.8. The normalized spacial score (nSPS) is 16.9. The summed E-state index contributed by atoms with van der Waals surface area (Å²) in [4.78, 5) is 11.4. The zero-order valence-electron chi connectivity index (χ0n) is 10.7. The molecule has 0 radical (unpaired) electrons. The van der Waals surface area contributed by atoms with Gasteiger partial charge >= 0.3 is 0 Å². The van der Waals surface area contributed by atoms with Gasteiger partial charge in [-0.1, -0.05) is 39.5 Å².